The standard InChI is InChI=1S/C16H25N3O2S/c1-14-9-11-16(12-10-14)22(20,21)19(18(2)3)13-17-15-7-5-4-6-8-15/h9-13,15H,4-8H2,1-3H3. The molecular formula is C16H25N3O2S. The zero-order valence-corrected chi connectivity index (χ0v) is 14.4. The van der Waals surface area contributed by atoms with Crippen LogP contribution in [0.25, 0.3) is 0 Å². The van der Waals surface area contributed by atoms with Gasteiger partial charge < -0.3 is 0 Å². The summed E-state index contributed by atoms with van der Waals surface area (Å²) < 4.78 is 26.7. The third kappa shape index (κ3) is 4.08. The number of aliphatic imine (C=N–C) groups is 1. The van der Waals surface area contributed by atoms with Crippen molar-refractivity contribution >= 4 is 16.4 Å². The minimum atomic E-state index is -3.61. The number of nitrogens with zero attached hydrogens (tertiary/aromatic N) is 3. The maximum absolute atomic E-state index is 12.8. The summed E-state index contributed by atoms with van der Waals surface area (Å²) in [4.78, 5) is 4.77. The molecule has 22 heavy (non-hydrogen) atoms. The van der Waals surface area contributed by atoms with Gasteiger partial charge in [0, 0.05) is 14.1 Å². The fourth-order valence-electron chi connectivity index (χ4n) is 2.58. The van der Waals surface area contributed by atoms with Crippen molar-refractivity contribution in [1.29, 1.82) is 0 Å². The van der Waals surface area contributed by atoms with Crippen molar-refractivity contribution < 1.29 is 8.42 Å². The number of rotatable bonds is 5. The Hall–Kier alpha value is -1.40. The van der Waals surface area contributed by atoms with Crippen LogP contribution in [0.4, 0.5) is 0 Å². The fraction of sp³-hybridized carbons (Fsp3) is 0.562. The third-order valence-corrected chi connectivity index (χ3v) is 5.69. The van der Waals surface area contributed by atoms with Crippen molar-refractivity contribution in [2.24, 2.45) is 4.99 Å². The minimum absolute atomic E-state index is 0.240. The number of benzene rings is 1. The van der Waals surface area contributed by atoms with E-state index in [1.165, 1.54) is 30.0 Å². The summed E-state index contributed by atoms with van der Waals surface area (Å²) in [6.07, 6.45) is 7.16. The largest absolute Gasteiger partial charge is 0.278 e. The predicted molar refractivity (Wildman–Crippen MR) is 89.3 cm³/mol. The highest BCUT2D eigenvalue weighted by molar-refractivity contribution is 7.89. The fourth-order valence-corrected chi connectivity index (χ4v) is 3.88. The van der Waals surface area contributed by atoms with E-state index in [1.54, 1.807) is 43.4 Å². The molecular weight excluding hydrogens is 298 g/mol. The molecule has 122 valence electrons. The average molecular weight is 323 g/mol. The lowest BCUT2D eigenvalue weighted by atomic mass is 9.96. The lowest BCUT2D eigenvalue weighted by Crippen LogP contribution is -2.41. The first kappa shape index (κ1) is 17.0. The summed E-state index contributed by atoms with van der Waals surface area (Å²) in [5, 5.41) is 1.54. The summed E-state index contributed by atoms with van der Waals surface area (Å²) in [5.41, 5.74) is 1.03. The monoisotopic (exact) mass is 323 g/mol. The molecule has 0 spiro atoms. The minimum Gasteiger partial charge on any atom is -0.270 e. The van der Waals surface area contributed by atoms with Gasteiger partial charge in [-0.05, 0) is 31.9 Å². The van der Waals surface area contributed by atoms with Crippen LogP contribution in [-0.4, -0.2) is 44.3 Å². The van der Waals surface area contributed by atoms with Crippen molar-refractivity contribution in [3.63, 3.8) is 0 Å². The summed E-state index contributed by atoms with van der Waals surface area (Å²) in [6, 6.07) is 7.12. The van der Waals surface area contributed by atoms with Crippen LogP contribution in [0.15, 0.2) is 34.2 Å². The number of aryl methyl sites for hydroxylation is 1. The summed E-state index contributed by atoms with van der Waals surface area (Å²) in [5.74, 6) is 0. The maximum Gasteiger partial charge on any atom is 0.278 e. The molecule has 0 aromatic heterocycles. The Kier molecular flexibility index (Phi) is 5.58. The first-order valence-electron chi connectivity index (χ1n) is 7.73. The molecule has 1 saturated carbocycles. The second kappa shape index (κ2) is 7.24. The molecule has 1 aromatic rings. The Bertz CT molecular complexity index is 603. The van der Waals surface area contributed by atoms with Crippen LogP contribution in [0.1, 0.15) is 37.7 Å². The van der Waals surface area contributed by atoms with Crippen LogP contribution in [0.2, 0.25) is 0 Å². The van der Waals surface area contributed by atoms with Gasteiger partial charge in [-0.3, -0.25) is 4.99 Å². The first-order chi connectivity index (χ1) is 10.4. The zero-order valence-electron chi connectivity index (χ0n) is 13.6. The second-order valence-electron chi connectivity index (χ2n) is 5.99. The van der Waals surface area contributed by atoms with Gasteiger partial charge in [-0.1, -0.05) is 37.0 Å². The molecule has 0 aliphatic heterocycles. The van der Waals surface area contributed by atoms with Crippen LogP contribution in [0.3, 0.4) is 0 Å². The zero-order chi connectivity index (χ0) is 16.2. The molecule has 0 saturated heterocycles. The number of sulfonamides is 1. The van der Waals surface area contributed by atoms with Gasteiger partial charge in [0.1, 0.15) is 6.34 Å². The Morgan fingerprint density at radius 2 is 1.68 bits per heavy atom. The molecule has 0 unspecified atom stereocenters. The van der Waals surface area contributed by atoms with E-state index in [9.17, 15) is 8.42 Å². The van der Waals surface area contributed by atoms with E-state index < -0.39 is 10.0 Å². The quantitative estimate of drug-likeness (QED) is 0.476. The Morgan fingerprint density at radius 1 is 1.09 bits per heavy atom. The number of hydrogen-bond acceptors (Lipinski definition) is 4. The van der Waals surface area contributed by atoms with Gasteiger partial charge in [-0.15, -0.1) is 0 Å². The van der Waals surface area contributed by atoms with E-state index in [0.717, 1.165) is 18.4 Å². The highest BCUT2D eigenvalue weighted by atomic mass is 32.2. The molecule has 0 bridgehead atoms. The molecule has 5 nitrogen and oxygen atoms in total. The topological polar surface area (TPSA) is 53.0 Å². The van der Waals surface area contributed by atoms with E-state index >= 15 is 0 Å². The predicted octanol–water partition coefficient (Wildman–Crippen LogP) is 2.82. The van der Waals surface area contributed by atoms with Crippen LogP contribution >= 0.6 is 0 Å². The molecule has 0 amide bonds. The molecule has 0 atom stereocenters. The van der Waals surface area contributed by atoms with Crippen LogP contribution in [-0.2, 0) is 10.0 Å². The normalized spacial score (nSPS) is 17.3. The van der Waals surface area contributed by atoms with Crippen molar-refractivity contribution in [2.45, 2.75) is 50.0 Å². The number of hydrazine groups is 1. The molecule has 2 rings (SSSR count). The van der Waals surface area contributed by atoms with Gasteiger partial charge >= 0.3 is 0 Å². The average Bonchev–Trinajstić information content (AvgIpc) is 2.48. The Labute approximate surface area is 133 Å². The van der Waals surface area contributed by atoms with Gasteiger partial charge in [0.2, 0.25) is 0 Å². The van der Waals surface area contributed by atoms with Crippen molar-refractivity contribution in [2.75, 3.05) is 14.1 Å². The van der Waals surface area contributed by atoms with Gasteiger partial charge in [0.05, 0.1) is 10.9 Å². The van der Waals surface area contributed by atoms with E-state index in [-0.39, 0.29) is 10.9 Å². The Balaban J connectivity index is 2.22. The first-order valence-corrected chi connectivity index (χ1v) is 9.17. The van der Waals surface area contributed by atoms with Crippen molar-refractivity contribution in [3.8, 4) is 0 Å². The van der Waals surface area contributed by atoms with Gasteiger partial charge in [-0.25, -0.2) is 5.01 Å². The molecule has 1 aliphatic rings. The van der Waals surface area contributed by atoms with Crippen LogP contribution < -0.4 is 0 Å². The SMILES string of the molecule is Cc1ccc(S(=O)(=O)N(C=NC2CCCCC2)N(C)C)cc1. The molecule has 1 aliphatic carbocycles. The van der Waals surface area contributed by atoms with Crippen LogP contribution in [0.5, 0.6) is 0 Å². The summed E-state index contributed by atoms with van der Waals surface area (Å²) >= 11 is 0. The van der Waals surface area contributed by atoms with Crippen molar-refractivity contribution in [1.82, 2.24) is 9.42 Å². The number of hydrogen-bond donors (Lipinski definition) is 0. The Morgan fingerprint density at radius 3 is 2.23 bits per heavy atom. The summed E-state index contributed by atoms with van der Waals surface area (Å²) in [7, 11) is -0.194. The molecule has 1 aromatic carbocycles. The van der Waals surface area contributed by atoms with E-state index in [4.69, 9.17) is 0 Å². The highest BCUT2D eigenvalue weighted by Crippen LogP contribution is 2.21. The van der Waals surface area contributed by atoms with Gasteiger partial charge in [0.25, 0.3) is 10.0 Å². The second-order valence-corrected chi connectivity index (χ2v) is 7.79. The maximum atomic E-state index is 12.8. The van der Waals surface area contributed by atoms with Gasteiger partial charge in [-0.2, -0.15) is 12.8 Å². The van der Waals surface area contributed by atoms with E-state index in [0.29, 0.717) is 0 Å². The molecule has 0 heterocycles. The lowest BCUT2D eigenvalue weighted by molar-refractivity contribution is 0.215. The van der Waals surface area contributed by atoms with Crippen LogP contribution in [0, 0.1) is 6.92 Å². The van der Waals surface area contributed by atoms with E-state index in [1.807, 2.05) is 6.92 Å². The lowest BCUT2D eigenvalue weighted by Gasteiger charge is -2.27. The summed E-state index contributed by atoms with van der Waals surface area (Å²) in [6.45, 7) is 1.94. The molecule has 1 fully saturated rings. The smallest absolute Gasteiger partial charge is 0.270 e. The van der Waals surface area contributed by atoms with E-state index in [2.05, 4.69) is 4.99 Å². The van der Waals surface area contributed by atoms with Gasteiger partial charge in [0.15, 0.2) is 0 Å². The molecule has 6 heteroatoms. The molecule has 0 N–H and O–H groups in total. The van der Waals surface area contributed by atoms with Crippen molar-refractivity contribution in [3.05, 3.63) is 29.8 Å². The highest BCUT2D eigenvalue weighted by Gasteiger charge is 2.24. The molecule has 0 radical (unpaired) electrons. The third-order valence-electron chi connectivity index (χ3n) is 3.91.